The van der Waals surface area contributed by atoms with E-state index in [4.69, 9.17) is 9.84 Å². The molecule has 22 heavy (non-hydrogen) atoms. The van der Waals surface area contributed by atoms with Crippen molar-refractivity contribution in [3.63, 3.8) is 0 Å². The summed E-state index contributed by atoms with van der Waals surface area (Å²) in [5.41, 5.74) is 0.292. The lowest BCUT2D eigenvalue weighted by Gasteiger charge is -2.16. The average molecular weight is 308 g/mol. The van der Waals surface area contributed by atoms with Crippen LogP contribution in [-0.4, -0.2) is 48.4 Å². The molecule has 0 saturated carbocycles. The smallest absolute Gasteiger partial charge is 0.333 e. The van der Waals surface area contributed by atoms with Gasteiger partial charge in [-0.2, -0.15) is 4.99 Å². The fraction of sp³-hybridized carbons (Fsp3) is 0.429. The highest BCUT2D eigenvalue weighted by molar-refractivity contribution is 5.88. The Balaban J connectivity index is 5.39. The van der Waals surface area contributed by atoms with E-state index in [1.807, 2.05) is 0 Å². The van der Waals surface area contributed by atoms with Gasteiger partial charge in [-0.1, -0.05) is 6.58 Å². The molecule has 0 aromatic rings. The molecule has 0 aromatic heterocycles. The van der Waals surface area contributed by atoms with Gasteiger partial charge >= 0.3 is 11.9 Å². The Morgan fingerprint density at radius 2 is 1.91 bits per heavy atom. The monoisotopic (exact) mass is 308 g/mol. The highest BCUT2D eigenvalue weighted by Crippen LogP contribution is 2.18. The van der Waals surface area contributed by atoms with Gasteiger partial charge in [0.1, 0.15) is 12.6 Å². The number of isocyanates is 2. The molecule has 0 rings (SSSR count). The van der Waals surface area contributed by atoms with Crippen molar-refractivity contribution in [1.82, 2.24) is 0 Å². The maximum atomic E-state index is 11.4. The van der Waals surface area contributed by atoms with Gasteiger partial charge in [-0.15, -0.1) is 0 Å². The van der Waals surface area contributed by atoms with Gasteiger partial charge in [0.2, 0.25) is 12.2 Å². The molecule has 0 bridgehead atoms. The number of ether oxygens (including phenoxy) is 1. The van der Waals surface area contributed by atoms with Gasteiger partial charge in [0.15, 0.2) is 0 Å². The predicted octanol–water partition coefficient (Wildman–Crippen LogP) is 0.937. The predicted molar refractivity (Wildman–Crippen MR) is 75.6 cm³/mol. The van der Waals surface area contributed by atoms with Crippen LogP contribution in [0.4, 0.5) is 0 Å². The van der Waals surface area contributed by atoms with Gasteiger partial charge in [-0.05, 0) is 25.8 Å². The maximum absolute atomic E-state index is 11.4. The summed E-state index contributed by atoms with van der Waals surface area (Å²) in [5.74, 6) is -1.91. The van der Waals surface area contributed by atoms with E-state index in [1.54, 1.807) is 0 Å². The first-order valence-corrected chi connectivity index (χ1v) is 6.21. The van der Waals surface area contributed by atoms with E-state index in [-0.39, 0.29) is 36.3 Å². The number of aliphatic carboxylic acids is 1. The largest absolute Gasteiger partial charge is 0.478 e. The van der Waals surface area contributed by atoms with Crippen LogP contribution in [-0.2, 0) is 23.9 Å². The minimum Gasteiger partial charge on any atom is -0.478 e. The summed E-state index contributed by atoms with van der Waals surface area (Å²) in [6, 6.07) is -1.02. The number of hydrogen-bond acceptors (Lipinski definition) is 7. The highest BCUT2D eigenvalue weighted by Gasteiger charge is 2.21. The Morgan fingerprint density at radius 3 is 2.36 bits per heavy atom. The van der Waals surface area contributed by atoms with Gasteiger partial charge in [-0.25, -0.2) is 24.2 Å². The number of carboxylic acid groups (broad SMARTS) is 1. The Bertz CT molecular complexity index is 580. The molecule has 0 aliphatic heterocycles. The molecule has 0 saturated heterocycles. The van der Waals surface area contributed by atoms with Gasteiger partial charge in [0, 0.05) is 11.1 Å². The Morgan fingerprint density at radius 1 is 1.27 bits per heavy atom. The summed E-state index contributed by atoms with van der Waals surface area (Å²) in [6.45, 7) is 5.79. The minimum absolute atomic E-state index is 0.0250. The molecule has 0 heterocycles. The summed E-state index contributed by atoms with van der Waals surface area (Å²) in [6.07, 6.45) is 2.69. The number of rotatable bonds is 9. The average Bonchev–Trinajstić information content (AvgIpc) is 2.47. The molecule has 1 atom stereocenters. The van der Waals surface area contributed by atoms with Crippen LogP contribution in [0.25, 0.3) is 0 Å². The first-order chi connectivity index (χ1) is 10.3. The van der Waals surface area contributed by atoms with Crippen molar-refractivity contribution in [2.45, 2.75) is 26.3 Å². The molecule has 0 aliphatic carbocycles. The summed E-state index contributed by atoms with van der Waals surface area (Å²) in [4.78, 5) is 49.9. The van der Waals surface area contributed by atoms with E-state index >= 15 is 0 Å². The Labute approximate surface area is 126 Å². The number of esters is 1. The first kappa shape index (κ1) is 19.2. The second-order valence-corrected chi connectivity index (χ2v) is 4.29. The lowest BCUT2D eigenvalue weighted by molar-refractivity contribution is -0.139. The Kier molecular flexibility index (Phi) is 8.71. The molecule has 0 aliphatic rings. The number of carbonyl (C=O) groups is 2. The lowest BCUT2D eigenvalue weighted by atomic mass is 9.99. The van der Waals surface area contributed by atoms with Crippen LogP contribution in [0.5, 0.6) is 0 Å². The lowest BCUT2D eigenvalue weighted by Crippen LogP contribution is -2.22. The van der Waals surface area contributed by atoms with Crippen molar-refractivity contribution >= 4 is 24.1 Å². The van der Waals surface area contributed by atoms with Crippen molar-refractivity contribution in [2.24, 2.45) is 9.98 Å². The van der Waals surface area contributed by atoms with Crippen LogP contribution >= 0.6 is 0 Å². The van der Waals surface area contributed by atoms with Crippen LogP contribution < -0.4 is 0 Å². The molecule has 8 heteroatoms. The van der Waals surface area contributed by atoms with Gasteiger partial charge in [0.25, 0.3) is 0 Å². The second-order valence-electron chi connectivity index (χ2n) is 4.29. The van der Waals surface area contributed by atoms with Gasteiger partial charge in [0.05, 0.1) is 6.54 Å². The van der Waals surface area contributed by atoms with Crippen molar-refractivity contribution in [3.05, 3.63) is 23.3 Å². The highest BCUT2D eigenvalue weighted by atomic mass is 16.5. The van der Waals surface area contributed by atoms with Gasteiger partial charge < -0.3 is 9.84 Å². The standard InChI is InChI=1S/C14H16N2O6/c1-9(2)14(21)22-6-12(16-8-18)11(4-5-15-7-17)10(3)13(19)20/h12H,1,4-6H2,2-3H3,(H,19,20). The van der Waals surface area contributed by atoms with E-state index in [9.17, 15) is 19.2 Å². The third-order valence-corrected chi connectivity index (χ3v) is 2.69. The fourth-order valence-corrected chi connectivity index (χ4v) is 1.52. The van der Waals surface area contributed by atoms with Crippen LogP contribution in [0.15, 0.2) is 33.3 Å². The number of aliphatic imine (C=N–C) groups is 2. The molecule has 1 unspecified atom stereocenters. The van der Waals surface area contributed by atoms with Crippen molar-refractivity contribution in [3.8, 4) is 0 Å². The molecule has 0 fully saturated rings. The fourth-order valence-electron chi connectivity index (χ4n) is 1.52. The molecule has 1 N–H and O–H groups in total. The molecule has 0 radical (unpaired) electrons. The zero-order chi connectivity index (χ0) is 17.1. The number of carboxylic acids is 1. The normalized spacial score (nSPS) is 12.1. The van der Waals surface area contributed by atoms with Gasteiger partial charge in [-0.3, -0.25) is 0 Å². The Hall–Kier alpha value is -2.82. The molecular formula is C14H16N2O6. The summed E-state index contributed by atoms with van der Waals surface area (Å²) in [7, 11) is 0. The summed E-state index contributed by atoms with van der Waals surface area (Å²) >= 11 is 0. The van der Waals surface area contributed by atoms with Crippen molar-refractivity contribution in [2.75, 3.05) is 13.2 Å². The summed E-state index contributed by atoms with van der Waals surface area (Å²) in [5, 5.41) is 9.06. The number of nitrogens with zero attached hydrogens (tertiary/aromatic N) is 2. The maximum Gasteiger partial charge on any atom is 0.333 e. The SMILES string of the molecule is C=C(C)C(=O)OCC(N=C=O)C(CCN=C=O)=C(C)C(=O)O. The van der Waals surface area contributed by atoms with Crippen LogP contribution in [0, 0.1) is 0 Å². The zero-order valence-corrected chi connectivity index (χ0v) is 12.3. The first-order valence-electron chi connectivity index (χ1n) is 6.21. The second kappa shape index (κ2) is 9.99. The molecular weight excluding hydrogens is 292 g/mol. The zero-order valence-electron chi connectivity index (χ0n) is 12.3. The third kappa shape index (κ3) is 6.56. The van der Waals surface area contributed by atoms with Crippen LogP contribution in [0.2, 0.25) is 0 Å². The third-order valence-electron chi connectivity index (χ3n) is 2.69. The number of carbonyl (C=O) groups excluding carboxylic acids is 3. The molecule has 8 nitrogen and oxygen atoms in total. The molecule has 118 valence electrons. The summed E-state index contributed by atoms with van der Waals surface area (Å²) < 4.78 is 4.89. The topological polar surface area (TPSA) is 122 Å². The molecule has 0 aromatic carbocycles. The minimum atomic E-state index is -1.22. The van der Waals surface area contributed by atoms with E-state index < -0.39 is 18.0 Å². The van der Waals surface area contributed by atoms with E-state index in [2.05, 4.69) is 16.6 Å². The molecule has 0 amide bonds. The van der Waals surface area contributed by atoms with Crippen LogP contribution in [0.3, 0.4) is 0 Å². The van der Waals surface area contributed by atoms with E-state index in [0.717, 1.165) is 0 Å². The van der Waals surface area contributed by atoms with Crippen molar-refractivity contribution in [1.29, 1.82) is 0 Å². The van der Waals surface area contributed by atoms with E-state index in [0.29, 0.717) is 0 Å². The van der Waals surface area contributed by atoms with E-state index in [1.165, 1.54) is 26.0 Å². The molecule has 0 spiro atoms. The van der Waals surface area contributed by atoms with Crippen LogP contribution in [0.1, 0.15) is 20.3 Å². The quantitative estimate of drug-likeness (QED) is 0.292. The number of hydrogen-bond donors (Lipinski definition) is 1. The van der Waals surface area contributed by atoms with Crippen molar-refractivity contribution < 1.29 is 29.0 Å².